The molecule has 1 aromatic heterocycles. The number of aromatic nitrogens is 1. The third kappa shape index (κ3) is 5.08. The minimum Gasteiger partial charge on any atom is -0.444 e. The van der Waals surface area contributed by atoms with Gasteiger partial charge in [0.1, 0.15) is 10.8 Å². The van der Waals surface area contributed by atoms with Crippen molar-refractivity contribution in [2.24, 2.45) is 0 Å². The van der Waals surface area contributed by atoms with Gasteiger partial charge in [-0.2, -0.15) is 0 Å². The first-order chi connectivity index (χ1) is 11.6. The molecule has 0 atom stereocenters. The maximum atomic E-state index is 12.6. The highest BCUT2D eigenvalue weighted by Gasteiger charge is 2.30. The zero-order valence-electron chi connectivity index (χ0n) is 15.5. The molecule has 2 amide bonds. The molecule has 0 spiro atoms. The van der Waals surface area contributed by atoms with E-state index < -0.39 is 5.60 Å². The average molecular weight is 368 g/mol. The van der Waals surface area contributed by atoms with E-state index in [1.807, 2.05) is 27.7 Å². The van der Waals surface area contributed by atoms with Gasteiger partial charge in [0.2, 0.25) is 0 Å². The molecule has 7 heteroatoms. The monoisotopic (exact) mass is 367 g/mol. The first-order valence-corrected chi connectivity index (χ1v) is 8.84. The molecule has 2 heterocycles. The molecule has 25 heavy (non-hydrogen) atoms. The molecular weight excluding hydrogens is 342 g/mol. The first kappa shape index (κ1) is 19.5. The van der Waals surface area contributed by atoms with Crippen LogP contribution in [0.2, 0.25) is 5.15 Å². The summed E-state index contributed by atoms with van der Waals surface area (Å²) in [5.74, 6) is -0.115. The lowest BCUT2D eigenvalue weighted by Crippen LogP contribution is -2.48. The lowest BCUT2D eigenvalue weighted by molar-refractivity contribution is 0.0156. The number of halogens is 1. The minimum absolute atomic E-state index is 0.0607. The van der Waals surface area contributed by atoms with Crippen LogP contribution in [0.4, 0.5) is 4.79 Å². The van der Waals surface area contributed by atoms with E-state index in [4.69, 9.17) is 16.3 Å². The molecule has 0 saturated carbocycles. The highest BCUT2D eigenvalue weighted by Crippen LogP contribution is 2.22. The molecule has 138 valence electrons. The van der Waals surface area contributed by atoms with Gasteiger partial charge in [0.25, 0.3) is 5.91 Å². The quantitative estimate of drug-likeness (QED) is 0.750. The topological polar surface area (TPSA) is 62.7 Å². The number of amides is 2. The van der Waals surface area contributed by atoms with Crippen LogP contribution in [0.25, 0.3) is 0 Å². The predicted molar refractivity (Wildman–Crippen MR) is 96.9 cm³/mol. The van der Waals surface area contributed by atoms with Gasteiger partial charge in [-0.1, -0.05) is 11.6 Å². The van der Waals surface area contributed by atoms with Crippen LogP contribution in [-0.4, -0.2) is 58.6 Å². The molecule has 6 nitrogen and oxygen atoms in total. The molecule has 1 aliphatic heterocycles. The SMILES string of the molecule is Cc1ccc(C(=O)N2CCC(N(C)C(=O)OC(C)(C)C)CC2)c(Cl)n1. The molecule has 1 aliphatic rings. The van der Waals surface area contributed by atoms with Crippen molar-refractivity contribution >= 4 is 23.6 Å². The molecule has 0 aliphatic carbocycles. The summed E-state index contributed by atoms with van der Waals surface area (Å²) < 4.78 is 5.40. The summed E-state index contributed by atoms with van der Waals surface area (Å²) in [6.07, 6.45) is 1.08. The highest BCUT2D eigenvalue weighted by molar-refractivity contribution is 6.32. The van der Waals surface area contributed by atoms with Crippen molar-refractivity contribution in [1.82, 2.24) is 14.8 Å². The number of carbonyl (C=O) groups excluding carboxylic acids is 2. The Bertz CT molecular complexity index is 649. The van der Waals surface area contributed by atoms with Gasteiger partial charge < -0.3 is 14.5 Å². The van der Waals surface area contributed by atoms with Crippen molar-refractivity contribution < 1.29 is 14.3 Å². The van der Waals surface area contributed by atoms with E-state index in [0.717, 1.165) is 5.69 Å². The van der Waals surface area contributed by atoms with E-state index in [0.29, 0.717) is 31.5 Å². The molecule has 0 unspecified atom stereocenters. The zero-order chi connectivity index (χ0) is 18.8. The number of likely N-dealkylation sites (tertiary alicyclic amines) is 1. The van der Waals surface area contributed by atoms with Gasteiger partial charge in [-0.25, -0.2) is 9.78 Å². The molecule has 0 radical (unpaired) electrons. The summed E-state index contributed by atoms with van der Waals surface area (Å²) in [6.45, 7) is 8.51. The number of carbonyl (C=O) groups is 2. The number of rotatable bonds is 2. The standard InChI is InChI=1S/C18H26ClN3O3/c1-12-6-7-14(15(19)20-12)16(23)22-10-8-13(9-11-22)21(5)17(24)25-18(2,3)4/h6-7,13H,8-11H2,1-5H3. The van der Waals surface area contributed by atoms with Crippen LogP contribution in [-0.2, 0) is 4.74 Å². The van der Waals surface area contributed by atoms with Gasteiger partial charge in [-0.3, -0.25) is 4.79 Å². The second-order valence-corrected chi connectivity index (χ2v) is 7.76. The first-order valence-electron chi connectivity index (χ1n) is 8.46. The normalized spacial score (nSPS) is 15.8. The van der Waals surface area contributed by atoms with Crippen molar-refractivity contribution in [3.63, 3.8) is 0 Å². The molecule has 1 fully saturated rings. The fourth-order valence-corrected chi connectivity index (χ4v) is 3.07. The van der Waals surface area contributed by atoms with Crippen molar-refractivity contribution in [2.45, 2.75) is 52.2 Å². The number of hydrogen-bond acceptors (Lipinski definition) is 4. The van der Waals surface area contributed by atoms with E-state index in [9.17, 15) is 9.59 Å². The largest absolute Gasteiger partial charge is 0.444 e. The molecule has 0 bridgehead atoms. The summed E-state index contributed by atoms with van der Waals surface area (Å²) in [7, 11) is 1.75. The van der Waals surface area contributed by atoms with Gasteiger partial charge in [0.15, 0.2) is 0 Å². The fourth-order valence-electron chi connectivity index (χ4n) is 2.79. The summed E-state index contributed by atoms with van der Waals surface area (Å²) in [5.41, 5.74) is 0.683. The Labute approximate surface area is 154 Å². The van der Waals surface area contributed by atoms with E-state index in [1.54, 1.807) is 29.0 Å². The van der Waals surface area contributed by atoms with Crippen LogP contribution in [0, 0.1) is 6.92 Å². The van der Waals surface area contributed by atoms with Crippen LogP contribution in [0.15, 0.2) is 12.1 Å². The van der Waals surface area contributed by atoms with E-state index >= 15 is 0 Å². The van der Waals surface area contributed by atoms with Gasteiger partial charge in [0.05, 0.1) is 5.56 Å². The average Bonchev–Trinajstić information content (AvgIpc) is 2.52. The van der Waals surface area contributed by atoms with Crippen LogP contribution in [0.1, 0.15) is 49.7 Å². The van der Waals surface area contributed by atoms with Crippen LogP contribution < -0.4 is 0 Å². The maximum absolute atomic E-state index is 12.6. The van der Waals surface area contributed by atoms with E-state index in [-0.39, 0.29) is 23.2 Å². The summed E-state index contributed by atoms with van der Waals surface area (Å²) in [5, 5.41) is 0.234. The van der Waals surface area contributed by atoms with E-state index in [2.05, 4.69) is 4.98 Å². The Kier molecular flexibility index (Phi) is 5.93. The second-order valence-electron chi connectivity index (χ2n) is 7.41. The van der Waals surface area contributed by atoms with E-state index in [1.165, 1.54) is 0 Å². The summed E-state index contributed by atoms with van der Waals surface area (Å²) >= 11 is 6.10. The Balaban J connectivity index is 1.95. The Morgan fingerprint density at radius 1 is 1.28 bits per heavy atom. The lowest BCUT2D eigenvalue weighted by atomic mass is 10.0. The Morgan fingerprint density at radius 2 is 1.88 bits per heavy atom. The molecule has 0 N–H and O–H groups in total. The molecule has 1 saturated heterocycles. The smallest absolute Gasteiger partial charge is 0.410 e. The summed E-state index contributed by atoms with van der Waals surface area (Å²) in [4.78, 5) is 32.3. The molecule has 0 aromatic carbocycles. The number of piperidine rings is 1. The third-order valence-corrected chi connectivity index (χ3v) is 4.49. The lowest BCUT2D eigenvalue weighted by Gasteiger charge is -2.37. The molecular formula is C18H26ClN3O3. The Hall–Kier alpha value is -1.82. The predicted octanol–water partition coefficient (Wildman–Crippen LogP) is 3.51. The highest BCUT2D eigenvalue weighted by atomic mass is 35.5. The Morgan fingerprint density at radius 3 is 2.40 bits per heavy atom. The van der Waals surface area contributed by atoms with Gasteiger partial charge in [0, 0.05) is 31.9 Å². The number of pyridine rings is 1. The van der Waals surface area contributed by atoms with Crippen molar-refractivity contribution in [2.75, 3.05) is 20.1 Å². The van der Waals surface area contributed by atoms with Gasteiger partial charge >= 0.3 is 6.09 Å². The van der Waals surface area contributed by atoms with Crippen LogP contribution >= 0.6 is 11.6 Å². The maximum Gasteiger partial charge on any atom is 0.410 e. The minimum atomic E-state index is -0.517. The van der Waals surface area contributed by atoms with Crippen molar-refractivity contribution in [3.05, 3.63) is 28.5 Å². The zero-order valence-corrected chi connectivity index (χ0v) is 16.3. The number of aryl methyl sites for hydroxylation is 1. The second kappa shape index (κ2) is 7.60. The van der Waals surface area contributed by atoms with Crippen molar-refractivity contribution in [3.8, 4) is 0 Å². The number of ether oxygens (including phenoxy) is 1. The molecule has 2 rings (SSSR count). The molecule has 1 aromatic rings. The van der Waals surface area contributed by atoms with Gasteiger partial charge in [-0.05, 0) is 52.7 Å². The van der Waals surface area contributed by atoms with Gasteiger partial charge in [-0.15, -0.1) is 0 Å². The number of nitrogens with zero attached hydrogens (tertiary/aromatic N) is 3. The van der Waals surface area contributed by atoms with Crippen LogP contribution in [0.5, 0.6) is 0 Å². The fraction of sp³-hybridized carbons (Fsp3) is 0.611. The number of hydrogen-bond donors (Lipinski definition) is 0. The van der Waals surface area contributed by atoms with Crippen LogP contribution in [0.3, 0.4) is 0 Å². The van der Waals surface area contributed by atoms with Crippen molar-refractivity contribution in [1.29, 1.82) is 0 Å². The third-order valence-electron chi connectivity index (χ3n) is 4.20. The summed E-state index contributed by atoms with van der Waals surface area (Å²) in [6, 6.07) is 3.55.